The first kappa shape index (κ1) is 24.3. The normalized spacial score (nSPS) is 18.7. The molecule has 2 atom stereocenters. The van der Waals surface area contributed by atoms with Crippen LogP contribution in [0.1, 0.15) is 69.5 Å². The molecule has 0 bridgehead atoms. The zero-order valence-corrected chi connectivity index (χ0v) is 21.8. The average molecular weight is 478 g/mol. The molecule has 0 fully saturated rings. The smallest absolute Gasteiger partial charge is 0.187 e. The Balaban J connectivity index is 0.00000133. The van der Waals surface area contributed by atoms with E-state index in [1.807, 2.05) is 20.8 Å². The molecule has 2 N–H and O–H groups in total. The lowest BCUT2D eigenvalue weighted by Gasteiger charge is -2.37. The van der Waals surface area contributed by atoms with Gasteiger partial charge in [0.05, 0.1) is 12.3 Å². The quantitative estimate of drug-likeness (QED) is 0.420. The van der Waals surface area contributed by atoms with Crippen molar-refractivity contribution < 1.29 is 9.75 Å². The minimum absolute atomic E-state index is 0.401. The van der Waals surface area contributed by atoms with Crippen LogP contribution in [0.3, 0.4) is 0 Å². The summed E-state index contributed by atoms with van der Waals surface area (Å²) in [4.78, 5) is 6.46. The lowest BCUT2D eigenvalue weighted by atomic mass is 9.85. The largest absolute Gasteiger partial charge is 0.491 e. The van der Waals surface area contributed by atoms with Gasteiger partial charge in [-0.25, -0.2) is 4.98 Å². The Morgan fingerprint density at radius 2 is 1.94 bits per heavy atom. The van der Waals surface area contributed by atoms with Gasteiger partial charge in [-0.3, -0.25) is 0 Å². The zero-order chi connectivity index (χ0) is 24.1. The van der Waals surface area contributed by atoms with Crippen LogP contribution >= 0.6 is 11.3 Å². The zero-order valence-electron chi connectivity index (χ0n) is 21.0. The number of aromatic nitrogens is 1. The second-order valence-electron chi connectivity index (χ2n) is 8.41. The highest BCUT2D eigenvalue weighted by atomic mass is 32.1. The summed E-state index contributed by atoms with van der Waals surface area (Å²) in [6.07, 6.45) is 5.69. The number of thiazole rings is 1. The number of aryl methyl sites for hydroxylation is 1. The number of fused-ring (bicyclic) bond motifs is 1. The van der Waals surface area contributed by atoms with Crippen LogP contribution in [0.15, 0.2) is 60.4 Å². The number of benzene rings is 2. The molecule has 2 aromatic carbocycles. The van der Waals surface area contributed by atoms with Crippen LogP contribution < -0.4 is 20.1 Å². The monoisotopic (exact) mass is 477 g/mol. The third-order valence-electron chi connectivity index (χ3n) is 6.33. The number of ether oxygens (including phenoxy) is 1. The molecule has 5 nitrogen and oxygen atoms in total. The molecule has 6 heteroatoms. The molecule has 0 amide bonds. The maximum absolute atomic E-state index is 6.02. The Labute approximate surface area is 208 Å². The van der Waals surface area contributed by atoms with Crippen LogP contribution in [0.4, 0.5) is 16.5 Å². The summed E-state index contributed by atoms with van der Waals surface area (Å²) in [5.74, 6) is 1.30. The number of nitrogens with zero attached hydrogens (tertiary/aromatic N) is 2. The number of hydrogen-bond donors (Lipinski definition) is 2. The van der Waals surface area contributed by atoms with Gasteiger partial charge in [-0.2, -0.15) is 10.0 Å². The van der Waals surface area contributed by atoms with E-state index < -0.39 is 0 Å². The van der Waals surface area contributed by atoms with Crippen molar-refractivity contribution in [2.45, 2.75) is 59.8 Å². The maximum Gasteiger partial charge on any atom is 0.187 e. The Bertz CT molecular complexity index is 1120. The number of allylic oxidation sites excluding steroid dienone is 1. The van der Waals surface area contributed by atoms with Crippen molar-refractivity contribution in [3.63, 3.8) is 0 Å². The molecule has 5 rings (SSSR count). The van der Waals surface area contributed by atoms with Gasteiger partial charge >= 0.3 is 0 Å². The Hall–Kier alpha value is -2.83. The molecule has 1 aromatic heterocycles. The van der Waals surface area contributed by atoms with Crippen molar-refractivity contribution in [1.82, 2.24) is 4.98 Å². The third kappa shape index (κ3) is 4.84. The van der Waals surface area contributed by atoms with Gasteiger partial charge in [0.1, 0.15) is 24.2 Å². The van der Waals surface area contributed by atoms with Crippen molar-refractivity contribution in [1.29, 1.82) is 0 Å². The Kier molecular flexibility index (Phi) is 7.91. The van der Waals surface area contributed by atoms with Gasteiger partial charge in [0.2, 0.25) is 0 Å². The average Bonchev–Trinajstić information content (AvgIpc) is 3.28. The summed E-state index contributed by atoms with van der Waals surface area (Å²) >= 11 is 1.79. The second-order valence-corrected chi connectivity index (χ2v) is 9.49. The summed E-state index contributed by atoms with van der Waals surface area (Å²) in [7, 11) is 0. The topological polar surface area (TPSA) is 41.8 Å². The molecule has 34 heavy (non-hydrogen) atoms. The Morgan fingerprint density at radius 3 is 2.65 bits per heavy atom. The molecule has 1 aliphatic carbocycles. The highest BCUT2D eigenvalue weighted by Gasteiger charge is 2.31. The van der Waals surface area contributed by atoms with Crippen molar-refractivity contribution >= 4 is 27.8 Å². The van der Waals surface area contributed by atoms with Crippen LogP contribution in [-0.4, -0.2) is 18.1 Å². The standard InChI is InChI=1S/C26H30N4OS.C2H6/c1-4-29-18(3)17-30(29)22-15-14-20(16-23(22)31-5-2)27-26-28-25-21(12-9-13-24(25)32-26)19-10-7-6-8-11-19;1-2/h6-8,10-11,14-17,21H,4-5,9,12-13H2,1-3H3,(H,27,28);1-2H3/p+1. The van der Waals surface area contributed by atoms with E-state index in [0.717, 1.165) is 35.2 Å². The fourth-order valence-electron chi connectivity index (χ4n) is 4.80. The van der Waals surface area contributed by atoms with E-state index in [9.17, 15) is 0 Å². The van der Waals surface area contributed by atoms with E-state index in [1.54, 1.807) is 11.3 Å². The molecule has 3 aromatic rings. The predicted molar refractivity (Wildman–Crippen MR) is 143 cm³/mol. The molecular weight excluding hydrogens is 440 g/mol. The van der Waals surface area contributed by atoms with Gasteiger partial charge in [0.25, 0.3) is 0 Å². The van der Waals surface area contributed by atoms with Gasteiger partial charge in [0, 0.05) is 29.5 Å². The van der Waals surface area contributed by atoms with Gasteiger partial charge in [-0.05, 0) is 50.8 Å². The minimum Gasteiger partial charge on any atom is -0.491 e. The molecule has 0 radical (unpaired) electrons. The molecule has 1 aliphatic heterocycles. The third-order valence-corrected chi connectivity index (χ3v) is 7.38. The van der Waals surface area contributed by atoms with E-state index in [4.69, 9.17) is 9.72 Å². The molecule has 2 heterocycles. The van der Waals surface area contributed by atoms with E-state index in [-0.39, 0.29) is 0 Å². The molecule has 0 spiro atoms. The summed E-state index contributed by atoms with van der Waals surface area (Å²) in [5, 5.41) is 8.12. The van der Waals surface area contributed by atoms with Crippen molar-refractivity contribution in [3.8, 4) is 5.75 Å². The highest BCUT2D eigenvalue weighted by molar-refractivity contribution is 7.15. The van der Waals surface area contributed by atoms with Gasteiger partial charge in [-0.15, -0.1) is 11.3 Å². The van der Waals surface area contributed by atoms with Gasteiger partial charge in [0.15, 0.2) is 10.8 Å². The molecule has 0 saturated heterocycles. The fraction of sp³-hybridized carbons (Fsp3) is 0.393. The van der Waals surface area contributed by atoms with Crippen LogP contribution in [0.25, 0.3) is 0 Å². The number of rotatable bonds is 7. The first-order valence-corrected chi connectivity index (χ1v) is 13.4. The van der Waals surface area contributed by atoms with Gasteiger partial charge < -0.3 is 10.1 Å². The van der Waals surface area contributed by atoms with Crippen molar-refractivity contribution in [2.75, 3.05) is 23.5 Å². The van der Waals surface area contributed by atoms with E-state index in [1.165, 1.54) is 39.7 Å². The molecule has 2 aliphatic rings. The lowest BCUT2D eigenvalue weighted by Crippen LogP contribution is -3.20. The van der Waals surface area contributed by atoms with Gasteiger partial charge in [-0.1, -0.05) is 44.2 Å². The van der Waals surface area contributed by atoms with Crippen molar-refractivity contribution in [3.05, 3.63) is 76.6 Å². The van der Waals surface area contributed by atoms with Crippen LogP contribution in [0.2, 0.25) is 0 Å². The Morgan fingerprint density at radius 1 is 1.15 bits per heavy atom. The molecule has 0 saturated carbocycles. The van der Waals surface area contributed by atoms with E-state index in [2.05, 4.69) is 78.9 Å². The fourth-order valence-corrected chi connectivity index (χ4v) is 5.89. The second kappa shape index (κ2) is 11.1. The lowest BCUT2D eigenvalue weighted by molar-refractivity contribution is -0.882. The first-order valence-electron chi connectivity index (χ1n) is 12.6. The van der Waals surface area contributed by atoms with Crippen molar-refractivity contribution in [2.24, 2.45) is 0 Å². The number of quaternary nitrogens is 1. The van der Waals surface area contributed by atoms with Crippen LogP contribution in [0.5, 0.6) is 5.75 Å². The number of anilines is 3. The molecular formula is C28H37N4OS+. The predicted octanol–water partition coefficient (Wildman–Crippen LogP) is 6.28. The summed E-state index contributed by atoms with van der Waals surface area (Å²) in [6, 6.07) is 17.2. The molecule has 180 valence electrons. The maximum atomic E-state index is 6.02. The minimum atomic E-state index is 0.401. The van der Waals surface area contributed by atoms with Crippen LogP contribution in [0, 0.1) is 0 Å². The molecule has 2 unspecified atom stereocenters. The SMILES string of the molecule is CC.CCOc1cc(Nc2nc3c(s2)CCCC3c2ccccc2)ccc1N1C=C(C)[NH+]1CC. The van der Waals surface area contributed by atoms with E-state index >= 15 is 0 Å². The number of hydrogen-bond acceptors (Lipinski definition) is 5. The van der Waals surface area contributed by atoms with E-state index in [0.29, 0.717) is 12.5 Å². The summed E-state index contributed by atoms with van der Waals surface area (Å²) < 4.78 is 6.02. The number of nitrogens with one attached hydrogen (secondary N) is 2. The summed E-state index contributed by atoms with van der Waals surface area (Å²) in [6.45, 7) is 12.0. The van der Waals surface area contributed by atoms with Crippen LogP contribution in [-0.2, 0) is 6.42 Å². The summed E-state index contributed by atoms with van der Waals surface area (Å²) in [5.41, 5.74) is 6.08. The first-order chi connectivity index (χ1) is 16.7. The highest BCUT2D eigenvalue weighted by Crippen LogP contribution is 2.41.